The van der Waals surface area contributed by atoms with Gasteiger partial charge in [-0.3, -0.25) is 14.7 Å². The first-order chi connectivity index (χ1) is 13.3. The number of hydrogen-bond acceptors (Lipinski definition) is 4. The molecule has 1 fully saturated rings. The monoisotopic (exact) mass is 381 g/mol. The maximum absolute atomic E-state index is 12.5. The number of aromatic nitrogens is 1. The fraction of sp³-hybridized carbons (Fsp3) is 0.364. The Morgan fingerprint density at radius 1 is 1.07 bits per heavy atom. The second kappa shape index (κ2) is 10.9. The zero-order valence-corrected chi connectivity index (χ0v) is 16.5. The lowest BCUT2D eigenvalue weighted by atomic mass is 10.2. The van der Waals surface area contributed by atoms with E-state index in [4.69, 9.17) is 0 Å². The van der Waals surface area contributed by atoms with Crippen LogP contribution in [-0.2, 0) is 11.3 Å². The lowest BCUT2D eigenvalue weighted by molar-refractivity contribution is -0.130. The SMILES string of the molecule is O=C(CCSC=Cc1ccccc1)N1CCCN(Cc2cccnc2)CC1. The average molecular weight is 382 g/mol. The predicted octanol–water partition coefficient (Wildman–Crippen LogP) is 3.91. The molecule has 2 aromatic rings. The van der Waals surface area contributed by atoms with Crippen LogP contribution in [0.15, 0.2) is 60.3 Å². The van der Waals surface area contributed by atoms with E-state index in [1.807, 2.05) is 35.4 Å². The minimum atomic E-state index is 0.277. The molecule has 0 radical (unpaired) electrons. The number of carbonyl (C=O) groups excluding carboxylic acids is 1. The largest absolute Gasteiger partial charge is 0.341 e. The highest BCUT2D eigenvalue weighted by Crippen LogP contribution is 2.12. The average Bonchev–Trinajstić information content (AvgIpc) is 2.95. The highest BCUT2D eigenvalue weighted by atomic mass is 32.2. The van der Waals surface area contributed by atoms with Gasteiger partial charge in [0.15, 0.2) is 0 Å². The van der Waals surface area contributed by atoms with Crippen LogP contribution >= 0.6 is 11.8 Å². The van der Waals surface area contributed by atoms with Gasteiger partial charge in [0.25, 0.3) is 0 Å². The minimum Gasteiger partial charge on any atom is -0.341 e. The van der Waals surface area contributed by atoms with Crippen LogP contribution in [0.5, 0.6) is 0 Å². The van der Waals surface area contributed by atoms with Crippen LogP contribution in [0.25, 0.3) is 6.08 Å². The van der Waals surface area contributed by atoms with Crippen LogP contribution in [0, 0.1) is 0 Å². The molecule has 3 rings (SSSR count). The summed E-state index contributed by atoms with van der Waals surface area (Å²) in [4.78, 5) is 21.1. The fourth-order valence-electron chi connectivity index (χ4n) is 3.19. The van der Waals surface area contributed by atoms with Crippen molar-refractivity contribution in [2.75, 3.05) is 31.9 Å². The van der Waals surface area contributed by atoms with Crippen LogP contribution in [0.2, 0.25) is 0 Å². The van der Waals surface area contributed by atoms with E-state index in [0.29, 0.717) is 6.42 Å². The number of pyridine rings is 1. The van der Waals surface area contributed by atoms with E-state index in [1.54, 1.807) is 18.0 Å². The van der Waals surface area contributed by atoms with E-state index in [9.17, 15) is 4.79 Å². The Labute approximate surface area is 166 Å². The summed E-state index contributed by atoms with van der Waals surface area (Å²) in [5.74, 6) is 1.11. The third-order valence-electron chi connectivity index (χ3n) is 4.66. The molecule has 5 heteroatoms. The van der Waals surface area contributed by atoms with E-state index in [2.05, 4.69) is 39.6 Å². The Kier molecular flexibility index (Phi) is 7.93. The van der Waals surface area contributed by atoms with Crippen LogP contribution in [0.4, 0.5) is 0 Å². The highest BCUT2D eigenvalue weighted by Gasteiger charge is 2.18. The number of amides is 1. The van der Waals surface area contributed by atoms with E-state index in [-0.39, 0.29) is 5.91 Å². The van der Waals surface area contributed by atoms with Crippen molar-refractivity contribution in [1.29, 1.82) is 0 Å². The van der Waals surface area contributed by atoms with Gasteiger partial charge in [0, 0.05) is 57.3 Å². The van der Waals surface area contributed by atoms with E-state index >= 15 is 0 Å². The van der Waals surface area contributed by atoms with Crippen molar-refractivity contribution in [1.82, 2.24) is 14.8 Å². The molecule has 1 aromatic carbocycles. The normalized spacial score (nSPS) is 15.8. The lowest BCUT2D eigenvalue weighted by Crippen LogP contribution is -2.35. The molecule has 2 heterocycles. The summed E-state index contributed by atoms with van der Waals surface area (Å²) in [7, 11) is 0. The van der Waals surface area contributed by atoms with Crippen molar-refractivity contribution in [2.45, 2.75) is 19.4 Å². The Morgan fingerprint density at radius 2 is 1.96 bits per heavy atom. The van der Waals surface area contributed by atoms with Gasteiger partial charge >= 0.3 is 0 Å². The van der Waals surface area contributed by atoms with Gasteiger partial charge in [-0.05, 0) is 35.1 Å². The summed E-state index contributed by atoms with van der Waals surface area (Å²) >= 11 is 1.70. The first-order valence-corrected chi connectivity index (χ1v) is 10.6. The molecule has 1 amide bonds. The van der Waals surface area contributed by atoms with Crippen LogP contribution in [0.3, 0.4) is 0 Å². The minimum absolute atomic E-state index is 0.277. The number of carbonyl (C=O) groups is 1. The fourth-order valence-corrected chi connectivity index (χ4v) is 3.87. The van der Waals surface area contributed by atoms with Gasteiger partial charge < -0.3 is 4.90 Å². The molecule has 0 saturated carbocycles. The van der Waals surface area contributed by atoms with Crippen molar-refractivity contribution in [3.05, 3.63) is 71.4 Å². The number of nitrogens with zero attached hydrogens (tertiary/aromatic N) is 3. The number of hydrogen-bond donors (Lipinski definition) is 0. The first-order valence-electron chi connectivity index (χ1n) is 9.53. The molecule has 1 aliphatic heterocycles. The highest BCUT2D eigenvalue weighted by molar-refractivity contribution is 8.02. The molecule has 0 spiro atoms. The molecular weight excluding hydrogens is 354 g/mol. The zero-order valence-electron chi connectivity index (χ0n) is 15.7. The maximum atomic E-state index is 12.5. The van der Waals surface area contributed by atoms with Crippen molar-refractivity contribution < 1.29 is 4.79 Å². The summed E-state index contributed by atoms with van der Waals surface area (Å²) in [6.07, 6.45) is 7.46. The Bertz CT molecular complexity index is 721. The third kappa shape index (κ3) is 6.85. The lowest BCUT2D eigenvalue weighted by Gasteiger charge is -2.22. The van der Waals surface area contributed by atoms with Gasteiger partial charge in [-0.25, -0.2) is 0 Å². The molecule has 142 valence electrons. The summed E-state index contributed by atoms with van der Waals surface area (Å²) < 4.78 is 0. The summed E-state index contributed by atoms with van der Waals surface area (Å²) in [6.45, 7) is 4.57. The van der Waals surface area contributed by atoms with Gasteiger partial charge in [0.1, 0.15) is 0 Å². The van der Waals surface area contributed by atoms with E-state index in [1.165, 1.54) is 11.1 Å². The zero-order chi connectivity index (χ0) is 18.7. The van der Waals surface area contributed by atoms with Crippen molar-refractivity contribution >= 4 is 23.7 Å². The molecule has 0 aliphatic carbocycles. The smallest absolute Gasteiger partial charge is 0.223 e. The second-order valence-corrected chi connectivity index (χ2v) is 7.72. The van der Waals surface area contributed by atoms with Crippen LogP contribution < -0.4 is 0 Å². The third-order valence-corrected chi connectivity index (χ3v) is 5.43. The first kappa shape index (κ1) is 19.6. The van der Waals surface area contributed by atoms with Gasteiger partial charge in [0.2, 0.25) is 5.91 Å². The summed E-state index contributed by atoms with van der Waals surface area (Å²) in [5.41, 5.74) is 2.43. The molecule has 0 atom stereocenters. The van der Waals surface area contributed by atoms with Gasteiger partial charge in [-0.1, -0.05) is 36.4 Å². The predicted molar refractivity (Wildman–Crippen MR) is 113 cm³/mol. The number of rotatable bonds is 7. The van der Waals surface area contributed by atoms with Crippen molar-refractivity contribution in [2.24, 2.45) is 0 Å². The molecular formula is C22H27N3OS. The van der Waals surface area contributed by atoms with Crippen LogP contribution in [0.1, 0.15) is 24.0 Å². The van der Waals surface area contributed by atoms with E-state index < -0.39 is 0 Å². The van der Waals surface area contributed by atoms with Gasteiger partial charge in [-0.2, -0.15) is 0 Å². The molecule has 27 heavy (non-hydrogen) atoms. The van der Waals surface area contributed by atoms with Crippen molar-refractivity contribution in [3.8, 4) is 0 Å². The maximum Gasteiger partial charge on any atom is 0.223 e. The molecule has 1 saturated heterocycles. The topological polar surface area (TPSA) is 36.4 Å². The Morgan fingerprint density at radius 3 is 2.78 bits per heavy atom. The molecule has 0 unspecified atom stereocenters. The molecule has 0 N–H and O–H groups in total. The number of benzene rings is 1. The summed E-state index contributed by atoms with van der Waals surface area (Å²) in [5, 5.41) is 2.08. The number of thioether (sulfide) groups is 1. The molecule has 4 nitrogen and oxygen atoms in total. The standard InChI is InChI=1S/C22H27N3OS/c26-22(10-17-27-16-9-20-6-2-1-3-7-20)25-13-5-12-24(14-15-25)19-21-8-4-11-23-18-21/h1-4,6-9,11,16,18H,5,10,12-15,17,19H2. The van der Waals surface area contributed by atoms with E-state index in [0.717, 1.165) is 44.9 Å². The molecule has 0 bridgehead atoms. The quantitative estimate of drug-likeness (QED) is 0.682. The van der Waals surface area contributed by atoms with Crippen molar-refractivity contribution in [3.63, 3.8) is 0 Å². The second-order valence-electron chi connectivity index (χ2n) is 6.71. The Hall–Kier alpha value is -2.11. The molecule has 1 aromatic heterocycles. The van der Waals surface area contributed by atoms with Gasteiger partial charge in [0.05, 0.1) is 0 Å². The van der Waals surface area contributed by atoms with Gasteiger partial charge in [-0.15, -0.1) is 11.8 Å². The summed E-state index contributed by atoms with van der Waals surface area (Å²) in [6, 6.07) is 14.3. The van der Waals surface area contributed by atoms with Crippen LogP contribution in [-0.4, -0.2) is 52.6 Å². The Balaban J connectivity index is 1.37. The molecule has 1 aliphatic rings.